The lowest BCUT2D eigenvalue weighted by Crippen LogP contribution is -2.23. The molecule has 2 aromatic carbocycles. The number of hydrogen-bond donors (Lipinski definition) is 1. The number of hydrogen-bond acceptors (Lipinski definition) is 6. The van der Waals surface area contributed by atoms with E-state index >= 15 is 0 Å². The Morgan fingerprint density at radius 2 is 1.82 bits per heavy atom. The van der Waals surface area contributed by atoms with Crippen molar-refractivity contribution in [3.8, 4) is 5.75 Å². The lowest BCUT2D eigenvalue weighted by Gasteiger charge is -2.11. The molecule has 0 radical (unpaired) electrons. The first-order valence-corrected chi connectivity index (χ1v) is 8.86. The van der Waals surface area contributed by atoms with Crippen molar-refractivity contribution >= 4 is 35.1 Å². The molecule has 148 valence electrons. The molecule has 2 aromatic rings. The molecular weight excluding hydrogens is 386 g/mol. The number of para-hydroxylation sites is 1. The van der Waals surface area contributed by atoms with Crippen LogP contribution in [0.5, 0.6) is 5.75 Å². The summed E-state index contributed by atoms with van der Waals surface area (Å²) in [5, 5.41) is 2.99. The van der Waals surface area contributed by atoms with E-state index in [1.54, 1.807) is 43.3 Å². The predicted molar refractivity (Wildman–Crippen MR) is 104 cm³/mol. The van der Waals surface area contributed by atoms with Crippen LogP contribution in [0.15, 0.2) is 42.5 Å². The van der Waals surface area contributed by atoms with E-state index in [2.05, 4.69) is 5.32 Å². The van der Waals surface area contributed by atoms with Gasteiger partial charge in [0.1, 0.15) is 5.75 Å². The Kier molecular flexibility index (Phi) is 7.83. The van der Waals surface area contributed by atoms with Crippen molar-refractivity contribution in [1.82, 2.24) is 0 Å². The molecule has 0 fully saturated rings. The third-order valence-corrected chi connectivity index (χ3v) is 3.87. The second-order valence-corrected chi connectivity index (χ2v) is 6.04. The fourth-order valence-corrected chi connectivity index (χ4v) is 2.60. The molecule has 0 aliphatic rings. The maximum absolute atomic E-state index is 12.1. The van der Waals surface area contributed by atoms with Crippen LogP contribution in [-0.2, 0) is 25.5 Å². The number of ether oxygens (including phenoxy) is 3. The quantitative estimate of drug-likeness (QED) is 0.678. The first-order chi connectivity index (χ1) is 13.4. The molecule has 0 atom stereocenters. The second-order valence-electron chi connectivity index (χ2n) is 5.61. The van der Waals surface area contributed by atoms with Gasteiger partial charge in [0.25, 0.3) is 5.91 Å². The molecule has 0 aliphatic carbocycles. The van der Waals surface area contributed by atoms with E-state index in [-0.39, 0.29) is 24.3 Å². The number of methoxy groups -OCH3 is 1. The molecule has 0 unspecified atom stereocenters. The number of carbonyl (C=O) groups is 3. The molecule has 0 bridgehead atoms. The highest BCUT2D eigenvalue weighted by Crippen LogP contribution is 2.23. The maximum Gasteiger partial charge on any atom is 0.340 e. The van der Waals surface area contributed by atoms with Gasteiger partial charge >= 0.3 is 11.9 Å². The van der Waals surface area contributed by atoms with E-state index in [9.17, 15) is 14.4 Å². The lowest BCUT2D eigenvalue weighted by molar-refractivity contribution is -0.146. The van der Waals surface area contributed by atoms with E-state index in [1.165, 1.54) is 13.2 Å². The Balaban J connectivity index is 1.94. The summed E-state index contributed by atoms with van der Waals surface area (Å²) in [6, 6.07) is 11.3. The van der Waals surface area contributed by atoms with Gasteiger partial charge in [0, 0.05) is 10.6 Å². The van der Waals surface area contributed by atoms with E-state index in [1.807, 2.05) is 0 Å². The van der Waals surface area contributed by atoms with Crippen LogP contribution < -0.4 is 10.1 Å². The summed E-state index contributed by atoms with van der Waals surface area (Å²) in [6.45, 7) is 1.40. The fraction of sp³-hybridized carbons (Fsp3) is 0.250. The highest BCUT2D eigenvalue weighted by molar-refractivity contribution is 6.30. The van der Waals surface area contributed by atoms with E-state index in [0.29, 0.717) is 16.3 Å². The van der Waals surface area contributed by atoms with Gasteiger partial charge < -0.3 is 19.5 Å². The van der Waals surface area contributed by atoms with Gasteiger partial charge in [-0.15, -0.1) is 0 Å². The summed E-state index contributed by atoms with van der Waals surface area (Å²) in [4.78, 5) is 36.0. The molecule has 2 rings (SSSR count). The van der Waals surface area contributed by atoms with Gasteiger partial charge in [-0.3, -0.25) is 9.59 Å². The summed E-state index contributed by atoms with van der Waals surface area (Å²) < 4.78 is 15.1. The zero-order chi connectivity index (χ0) is 20.5. The normalized spacial score (nSPS) is 10.1. The fourth-order valence-electron chi connectivity index (χ4n) is 2.40. The third kappa shape index (κ3) is 5.99. The smallest absolute Gasteiger partial charge is 0.340 e. The summed E-state index contributed by atoms with van der Waals surface area (Å²) in [5.41, 5.74) is 1.04. The first-order valence-electron chi connectivity index (χ1n) is 8.48. The summed E-state index contributed by atoms with van der Waals surface area (Å²) in [7, 11) is 1.48. The summed E-state index contributed by atoms with van der Waals surface area (Å²) in [6.07, 6.45) is -0.101. The molecule has 0 saturated carbocycles. The minimum Gasteiger partial charge on any atom is -0.496 e. The zero-order valence-corrected chi connectivity index (χ0v) is 16.2. The average Bonchev–Trinajstić information content (AvgIpc) is 2.67. The van der Waals surface area contributed by atoms with Crippen molar-refractivity contribution < 1.29 is 28.6 Å². The molecule has 28 heavy (non-hydrogen) atoms. The van der Waals surface area contributed by atoms with Crippen LogP contribution in [0, 0.1) is 0 Å². The molecule has 0 heterocycles. The molecule has 0 aliphatic heterocycles. The third-order valence-electron chi connectivity index (χ3n) is 3.64. The largest absolute Gasteiger partial charge is 0.496 e. The Morgan fingerprint density at radius 1 is 1.07 bits per heavy atom. The topological polar surface area (TPSA) is 90.9 Å². The summed E-state index contributed by atoms with van der Waals surface area (Å²) >= 11 is 5.93. The van der Waals surface area contributed by atoms with Gasteiger partial charge in [0.15, 0.2) is 6.61 Å². The molecular formula is C20H20ClNO6. The van der Waals surface area contributed by atoms with E-state index < -0.39 is 24.5 Å². The highest BCUT2D eigenvalue weighted by atomic mass is 35.5. The van der Waals surface area contributed by atoms with Crippen LogP contribution in [0.3, 0.4) is 0 Å². The first kappa shape index (κ1) is 21.2. The molecule has 1 amide bonds. The Labute approximate surface area is 167 Å². The van der Waals surface area contributed by atoms with Gasteiger partial charge in [-0.1, -0.05) is 23.7 Å². The molecule has 7 nitrogen and oxygen atoms in total. The van der Waals surface area contributed by atoms with Crippen molar-refractivity contribution in [1.29, 1.82) is 0 Å². The van der Waals surface area contributed by atoms with Gasteiger partial charge in [0.2, 0.25) is 0 Å². The molecule has 1 N–H and O–H groups in total. The Hall–Kier alpha value is -3.06. The van der Waals surface area contributed by atoms with Crippen LogP contribution in [0.2, 0.25) is 5.02 Å². The summed E-state index contributed by atoms with van der Waals surface area (Å²) in [5.74, 6) is -1.25. The van der Waals surface area contributed by atoms with Crippen LogP contribution in [0.1, 0.15) is 22.8 Å². The number of amides is 1. The minimum absolute atomic E-state index is 0.101. The van der Waals surface area contributed by atoms with Crippen LogP contribution in [0.25, 0.3) is 0 Å². The van der Waals surface area contributed by atoms with Crippen LogP contribution >= 0.6 is 11.6 Å². The standard InChI is InChI=1S/C20H20ClNO6/c1-3-27-20(25)15-6-4-5-7-16(15)22-18(23)12-28-19(24)11-13-10-14(21)8-9-17(13)26-2/h4-10H,3,11-12H2,1-2H3,(H,22,23). The van der Waals surface area contributed by atoms with Crippen molar-refractivity contribution in [3.63, 3.8) is 0 Å². The van der Waals surface area contributed by atoms with Crippen LogP contribution in [0.4, 0.5) is 5.69 Å². The number of nitrogens with one attached hydrogen (secondary N) is 1. The van der Waals surface area contributed by atoms with E-state index in [0.717, 1.165) is 0 Å². The molecule has 8 heteroatoms. The Morgan fingerprint density at radius 3 is 2.54 bits per heavy atom. The van der Waals surface area contributed by atoms with Crippen LogP contribution in [-0.4, -0.2) is 38.2 Å². The number of benzene rings is 2. The van der Waals surface area contributed by atoms with Gasteiger partial charge in [-0.25, -0.2) is 4.79 Å². The monoisotopic (exact) mass is 405 g/mol. The number of rotatable bonds is 8. The molecule has 0 spiro atoms. The maximum atomic E-state index is 12.1. The average molecular weight is 406 g/mol. The van der Waals surface area contributed by atoms with E-state index in [4.69, 9.17) is 25.8 Å². The van der Waals surface area contributed by atoms with Crippen molar-refractivity contribution in [2.24, 2.45) is 0 Å². The SMILES string of the molecule is CCOC(=O)c1ccccc1NC(=O)COC(=O)Cc1cc(Cl)ccc1OC. The number of esters is 2. The number of anilines is 1. The van der Waals surface area contributed by atoms with Crippen molar-refractivity contribution in [2.45, 2.75) is 13.3 Å². The Bertz CT molecular complexity index is 868. The van der Waals surface area contributed by atoms with Gasteiger partial charge in [-0.05, 0) is 37.3 Å². The van der Waals surface area contributed by atoms with Gasteiger partial charge in [-0.2, -0.15) is 0 Å². The number of carbonyl (C=O) groups excluding carboxylic acids is 3. The molecule has 0 aromatic heterocycles. The minimum atomic E-state index is -0.616. The second kappa shape index (κ2) is 10.3. The highest BCUT2D eigenvalue weighted by Gasteiger charge is 2.16. The van der Waals surface area contributed by atoms with Crippen molar-refractivity contribution in [2.75, 3.05) is 25.6 Å². The predicted octanol–water partition coefficient (Wildman–Crippen LogP) is 3.25. The van der Waals surface area contributed by atoms with Gasteiger partial charge in [0.05, 0.1) is 31.4 Å². The van der Waals surface area contributed by atoms with Crippen molar-refractivity contribution in [3.05, 3.63) is 58.6 Å². The number of halogens is 1. The zero-order valence-electron chi connectivity index (χ0n) is 15.5. The molecule has 0 saturated heterocycles. The lowest BCUT2D eigenvalue weighted by atomic mass is 10.1.